The highest BCUT2D eigenvalue weighted by atomic mass is 16.5. The van der Waals surface area contributed by atoms with Gasteiger partial charge in [-0.1, -0.05) is 226 Å². The van der Waals surface area contributed by atoms with E-state index >= 15 is 0 Å². The second kappa shape index (κ2) is 43.6. The van der Waals surface area contributed by atoms with E-state index in [-0.39, 0.29) is 18.5 Å². The molecule has 0 aromatic heterocycles. The van der Waals surface area contributed by atoms with Crippen molar-refractivity contribution in [2.45, 2.75) is 276 Å². The van der Waals surface area contributed by atoms with Crippen LogP contribution < -0.4 is 5.32 Å². The van der Waals surface area contributed by atoms with Crippen molar-refractivity contribution >= 4 is 11.9 Å². The second-order valence-corrected chi connectivity index (χ2v) is 16.5. The maximum atomic E-state index is 12.4. The molecule has 2 atom stereocenters. The lowest BCUT2D eigenvalue weighted by atomic mass is 10.0. The molecule has 53 heavy (non-hydrogen) atoms. The molecule has 0 aliphatic heterocycles. The van der Waals surface area contributed by atoms with Gasteiger partial charge >= 0.3 is 5.97 Å². The van der Waals surface area contributed by atoms with Crippen molar-refractivity contribution in [3.63, 3.8) is 0 Å². The standard InChI is InChI=1S/C47H93NO5/c1-3-5-7-9-11-13-15-21-25-29-33-37-41-47(52)53-42-38-34-30-26-22-18-16-17-20-24-28-32-36-40-46(51)48-44(43-49)45(50)39-35-31-27-23-19-14-12-10-8-6-4-2/h44-45,49-50H,3-43H2,1-2H3,(H,48,51). The van der Waals surface area contributed by atoms with E-state index in [1.807, 2.05) is 0 Å². The first-order valence-electron chi connectivity index (χ1n) is 23.8. The number of rotatable bonds is 44. The summed E-state index contributed by atoms with van der Waals surface area (Å²) in [4.78, 5) is 24.4. The summed E-state index contributed by atoms with van der Waals surface area (Å²) in [6.45, 7) is 4.91. The van der Waals surface area contributed by atoms with Crippen molar-refractivity contribution in [1.29, 1.82) is 0 Å². The molecular formula is C47H93NO5. The molecule has 6 heteroatoms. The largest absolute Gasteiger partial charge is 0.466 e. The molecule has 0 heterocycles. The van der Waals surface area contributed by atoms with Crippen LogP contribution in [0.4, 0.5) is 0 Å². The normalized spacial score (nSPS) is 12.6. The van der Waals surface area contributed by atoms with Crippen molar-refractivity contribution in [2.24, 2.45) is 0 Å². The van der Waals surface area contributed by atoms with Gasteiger partial charge in [-0.25, -0.2) is 0 Å². The van der Waals surface area contributed by atoms with Crippen molar-refractivity contribution in [3.8, 4) is 0 Å². The lowest BCUT2D eigenvalue weighted by Crippen LogP contribution is -2.45. The Morgan fingerprint density at radius 2 is 0.774 bits per heavy atom. The van der Waals surface area contributed by atoms with Crippen molar-refractivity contribution in [3.05, 3.63) is 0 Å². The summed E-state index contributed by atoms with van der Waals surface area (Å²) in [5.74, 6) is -0.0528. The van der Waals surface area contributed by atoms with E-state index < -0.39 is 12.1 Å². The van der Waals surface area contributed by atoms with Gasteiger partial charge in [0.05, 0.1) is 25.4 Å². The molecule has 316 valence electrons. The molecule has 0 fully saturated rings. The number of hydrogen-bond donors (Lipinski definition) is 3. The number of amides is 1. The van der Waals surface area contributed by atoms with Gasteiger partial charge in [0.15, 0.2) is 0 Å². The van der Waals surface area contributed by atoms with Gasteiger partial charge in [-0.15, -0.1) is 0 Å². The van der Waals surface area contributed by atoms with Crippen LogP contribution in [0, 0.1) is 0 Å². The van der Waals surface area contributed by atoms with E-state index in [2.05, 4.69) is 19.2 Å². The first-order valence-corrected chi connectivity index (χ1v) is 23.8. The zero-order valence-electron chi connectivity index (χ0n) is 35.8. The lowest BCUT2D eigenvalue weighted by Gasteiger charge is -2.22. The predicted molar refractivity (Wildman–Crippen MR) is 227 cm³/mol. The van der Waals surface area contributed by atoms with Crippen LogP contribution in [0.3, 0.4) is 0 Å². The SMILES string of the molecule is CCCCCCCCCCCCCCC(=O)OCCCCCCCCCCCCCCCC(=O)NC(CO)C(O)CCCCCCCCCCCCC. The fourth-order valence-electron chi connectivity index (χ4n) is 7.46. The third kappa shape index (κ3) is 40.3. The first kappa shape index (κ1) is 51.9. The average Bonchev–Trinajstić information content (AvgIpc) is 3.16. The number of unbranched alkanes of at least 4 members (excludes halogenated alkanes) is 33. The molecular weight excluding hydrogens is 659 g/mol. The van der Waals surface area contributed by atoms with Gasteiger partial charge in [-0.3, -0.25) is 9.59 Å². The molecule has 0 bridgehead atoms. The Balaban J connectivity index is 3.43. The fraction of sp³-hybridized carbons (Fsp3) is 0.957. The number of ether oxygens (including phenoxy) is 1. The van der Waals surface area contributed by atoms with Crippen molar-refractivity contribution in [1.82, 2.24) is 5.32 Å². The Labute approximate surface area is 330 Å². The summed E-state index contributed by atoms with van der Waals surface area (Å²) >= 11 is 0. The van der Waals surface area contributed by atoms with E-state index in [1.165, 1.54) is 180 Å². The molecule has 3 N–H and O–H groups in total. The maximum Gasteiger partial charge on any atom is 0.305 e. The van der Waals surface area contributed by atoms with Gasteiger partial charge in [-0.2, -0.15) is 0 Å². The lowest BCUT2D eigenvalue weighted by molar-refractivity contribution is -0.143. The molecule has 6 nitrogen and oxygen atoms in total. The molecule has 0 aromatic rings. The summed E-state index contributed by atoms with van der Waals surface area (Å²) < 4.78 is 5.45. The molecule has 0 rings (SSSR count). The second-order valence-electron chi connectivity index (χ2n) is 16.5. The van der Waals surface area contributed by atoms with Crippen LogP contribution in [-0.4, -0.2) is 47.4 Å². The number of carbonyl (C=O) groups excluding carboxylic acids is 2. The molecule has 0 radical (unpaired) electrons. The van der Waals surface area contributed by atoms with E-state index in [0.29, 0.717) is 25.9 Å². The van der Waals surface area contributed by atoms with Crippen LogP contribution in [0.15, 0.2) is 0 Å². The minimum absolute atomic E-state index is 0.00472. The number of carbonyl (C=O) groups is 2. The molecule has 0 saturated heterocycles. The summed E-state index contributed by atoms with van der Waals surface area (Å²) in [6.07, 6.45) is 46.3. The highest BCUT2D eigenvalue weighted by molar-refractivity contribution is 5.76. The minimum atomic E-state index is -0.669. The van der Waals surface area contributed by atoms with Crippen LogP contribution in [0.1, 0.15) is 264 Å². The Morgan fingerprint density at radius 1 is 0.453 bits per heavy atom. The maximum absolute atomic E-state index is 12.4. The Bertz CT molecular complexity index is 746. The Hall–Kier alpha value is -1.14. The Kier molecular flexibility index (Phi) is 42.6. The monoisotopic (exact) mass is 752 g/mol. The molecule has 0 saturated carbocycles. The zero-order chi connectivity index (χ0) is 38.7. The molecule has 0 spiro atoms. The topological polar surface area (TPSA) is 95.9 Å². The summed E-state index contributed by atoms with van der Waals surface area (Å²) in [6, 6.07) is -0.547. The smallest absolute Gasteiger partial charge is 0.305 e. The van der Waals surface area contributed by atoms with E-state index in [9.17, 15) is 19.8 Å². The predicted octanol–water partition coefficient (Wildman–Crippen LogP) is 13.6. The number of nitrogens with one attached hydrogen (secondary N) is 1. The van der Waals surface area contributed by atoms with Crippen LogP contribution >= 0.6 is 0 Å². The number of aliphatic hydroxyl groups excluding tert-OH is 2. The molecule has 0 aliphatic carbocycles. The first-order chi connectivity index (χ1) is 26.0. The van der Waals surface area contributed by atoms with Crippen LogP contribution in [0.2, 0.25) is 0 Å². The quantitative estimate of drug-likeness (QED) is 0.0425. The molecule has 0 aliphatic rings. The van der Waals surface area contributed by atoms with Crippen LogP contribution in [-0.2, 0) is 14.3 Å². The minimum Gasteiger partial charge on any atom is -0.466 e. The van der Waals surface area contributed by atoms with Gasteiger partial charge in [0.1, 0.15) is 0 Å². The summed E-state index contributed by atoms with van der Waals surface area (Å²) in [7, 11) is 0. The zero-order valence-corrected chi connectivity index (χ0v) is 35.8. The van der Waals surface area contributed by atoms with Crippen molar-refractivity contribution < 1.29 is 24.5 Å². The average molecular weight is 752 g/mol. The third-order valence-corrected chi connectivity index (χ3v) is 11.2. The molecule has 1 amide bonds. The fourth-order valence-corrected chi connectivity index (χ4v) is 7.46. The van der Waals surface area contributed by atoms with Crippen LogP contribution in [0.25, 0.3) is 0 Å². The summed E-state index contributed by atoms with van der Waals surface area (Å²) in [5, 5.41) is 23.1. The third-order valence-electron chi connectivity index (χ3n) is 11.2. The van der Waals surface area contributed by atoms with Crippen molar-refractivity contribution in [2.75, 3.05) is 13.2 Å². The van der Waals surface area contributed by atoms with Gasteiger partial charge in [0.25, 0.3) is 0 Å². The Morgan fingerprint density at radius 3 is 1.15 bits per heavy atom. The highest BCUT2D eigenvalue weighted by Gasteiger charge is 2.20. The van der Waals surface area contributed by atoms with Gasteiger partial charge in [0.2, 0.25) is 5.91 Å². The number of aliphatic hydroxyl groups is 2. The van der Waals surface area contributed by atoms with E-state index in [4.69, 9.17) is 4.74 Å². The van der Waals surface area contributed by atoms with E-state index in [0.717, 1.165) is 51.4 Å². The molecule has 0 aromatic carbocycles. The van der Waals surface area contributed by atoms with Gasteiger partial charge in [-0.05, 0) is 25.7 Å². The summed E-state index contributed by atoms with van der Waals surface area (Å²) in [5.41, 5.74) is 0. The number of esters is 1. The highest BCUT2D eigenvalue weighted by Crippen LogP contribution is 2.16. The van der Waals surface area contributed by atoms with Gasteiger partial charge < -0.3 is 20.3 Å². The van der Waals surface area contributed by atoms with E-state index in [1.54, 1.807) is 0 Å². The van der Waals surface area contributed by atoms with Gasteiger partial charge in [0, 0.05) is 12.8 Å². The number of hydrogen-bond acceptors (Lipinski definition) is 5. The molecule has 2 unspecified atom stereocenters. The van der Waals surface area contributed by atoms with Crippen LogP contribution in [0.5, 0.6) is 0 Å².